The van der Waals surface area contributed by atoms with Gasteiger partial charge in [-0.05, 0) is 18.8 Å². The lowest BCUT2D eigenvalue weighted by Gasteiger charge is -2.16. The van der Waals surface area contributed by atoms with Crippen molar-refractivity contribution < 1.29 is 24.6 Å². The molecule has 18 heavy (non-hydrogen) atoms. The highest BCUT2D eigenvalue weighted by atomic mass is 16.4. The van der Waals surface area contributed by atoms with Crippen LogP contribution in [0.5, 0.6) is 0 Å². The molecule has 0 aromatic heterocycles. The van der Waals surface area contributed by atoms with Gasteiger partial charge in [-0.15, -0.1) is 0 Å². The van der Waals surface area contributed by atoms with Crippen molar-refractivity contribution in [3.63, 3.8) is 0 Å². The molecule has 5 N–H and O–H groups in total. The number of nitrogens with one attached hydrogen (secondary N) is 1. The van der Waals surface area contributed by atoms with Crippen molar-refractivity contribution in [1.82, 2.24) is 5.32 Å². The van der Waals surface area contributed by atoms with Crippen LogP contribution in [0.15, 0.2) is 0 Å². The molecule has 0 bridgehead atoms. The first kappa shape index (κ1) is 16.4. The molecule has 0 aromatic carbocycles. The summed E-state index contributed by atoms with van der Waals surface area (Å²) in [7, 11) is 0. The zero-order chi connectivity index (χ0) is 14.3. The Morgan fingerprint density at radius 2 is 1.72 bits per heavy atom. The van der Waals surface area contributed by atoms with Gasteiger partial charge in [0, 0.05) is 6.42 Å². The van der Waals surface area contributed by atoms with E-state index < -0.39 is 29.9 Å². The van der Waals surface area contributed by atoms with Crippen molar-refractivity contribution in [2.45, 2.75) is 45.2 Å². The lowest BCUT2D eigenvalue weighted by molar-refractivity contribution is -0.142. The fourth-order valence-electron chi connectivity index (χ4n) is 1.37. The Morgan fingerprint density at radius 1 is 1.17 bits per heavy atom. The predicted octanol–water partition coefficient (Wildman–Crippen LogP) is -0.206. The minimum absolute atomic E-state index is 0.0187. The molecule has 0 aliphatic carbocycles. The van der Waals surface area contributed by atoms with Crippen molar-refractivity contribution in [1.29, 1.82) is 0 Å². The molecule has 0 unspecified atom stereocenters. The Hall–Kier alpha value is -1.63. The summed E-state index contributed by atoms with van der Waals surface area (Å²) >= 11 is 0. The van der Waals surface area contributed by atoms with Gasteiger partial charge in [0.2, 0.25) is 5.91 Å². The van der Waals surface area contributed by atoms with Gasteiger partial charge in [0.05, 0.1) is 0 Å². The van der Waals surface area contributed by atoms with Crippen molar-refractivity contribution in [2.75, 3.05) is 0 Å². The monoisotopic (exact) mass is 260 g/mol. The molecule has 0 fully saturated rings. The topological polar surface area (TPSA) is 130 Å². The Labute approximate surface area is 105 Å². The van der Waals surface area contributed by atoms with E-state index in [4.69, 9.17) is 15.9 Å². The Kier molecular flexibility index (Phi) is 6.96. The molecule has 2 atom stereocenters. The SMILES string of the molecule is CC(C)C[C@H](NC(=O)CC[C@H](N)C(=O)O)C(=O)O. The van der Waals surface area contributed by atoms with Crippen LogP contribution in [0.25, 0.3) is 0 Å². The summed E-state index contributed by atoms with van der Waals surface area (Å²) in [5.41, 5.74) is 5.24. The first-order chi connectivity index (χ1) is 8.23. The summed E-state index contributed by atoms with van der Waals surface area (Å²) in [5.74, 6) is -2.65. The zero-order valence-electron chi connectivity index (χ0n) is 10.5. The molecule has 0 spiro atoms. The summed E-state index contributed by atoms with van der Waals surface area (Å²) in [4.78, 5) is 32.8. The molecule has 0 rings (SSSR count). The quantitative estimate of drug-likeness (QED) is 0.478. The fourth-order valence-corrected chi connectivity index (χ4v) is 1.37. The minimum atomic E-state index is -1.18. The van der Waals surface area contributed by atoms with Gasteiger partial charge in [-0.1, -0.05) is 13.8 Å². The van der Waals surface area contributed by atoms with E-state index in [2.05, 4.69) is 5.32 Å². The second-order valence-corrected chi connectivity index (χ2v) is 4.57. The molecular formula is C11H20N2O5. The second-order valence-electron chi connectivity index (χ2n) is 4.57. The standard InChI is InChI=1S/C11H20N2O5/c1-6(2)5-8(11(17)18)13-9(14)4-3-7(12)10(15)16/h6-8H,3-5,12H2,1-2H3,(H,13,14)(H,15,16)(H,17,18)/t7-,8-/m0/s1. The van der Waals surface area contributed by atoms with Gasteiger partial charge < -0.3 is 21.3 Å². The average Bonchev–Trinajstić information content (AvgIpc) is 2.23. The van der Waals surface area contributed by atoms with Crippen LogP contribution < -0.4 is 11.1 Å². The van der Waals surface area contributed by atoms with Gasteiger partial charge in [-0.3, -0.25) is 9.59 Å². The normalized spacial score (nSPS) is 14.0. The maximum atomic E-state index is 11.4. The molecular weight excluding hydrogens is 240 g/mol. The zero-order valence-corrected chi connectivity index (χ0v) is 10.5. The van der Waals surface area contributed by atoms with Gasteiger partial charge >= 0.3 is 11.9 Å². The Bertz CT molecular complexity index is 317. The summed E-state index contributed by atoms with van der Waals surface area (Å²) in [5, 5.41) is 19.8. The molecule has 0 saturated heterocycles. The van der Waals surface area contributed by atoms with Crippen molar-refractivity contribution in [2.24, 2.45) is 11.7 Å². The molecule has 1 amide bonds. The number of aliphatic carboxylic acids is 2. The van der Waals surface area contributed by atoms with E-state index in [1.165, 1.54) is 0 Å². The lowest BCUT2D eigenvalue weighted by atomic mass is 10.0. The van der Waals surface area contributed by atoms with Gasteiger partial charge in [0.15, 0.2) is 0 Å². The van der Waals surface area contributed by atoms with Crippen LogP contribution in [-0.2, 0) is 14.4 Å². The van der Waals surface area contributed by atoms with Crippen LogP contribution in [-0.4, -0.2) is 40.1 Å². The smallest absolute Gasteiger partial charge is 0.326 e. The molecule has 0 aliphatic heterocycles. The predicted molar refractivity (Wildman–Crippen MR) is 63.9 cm³/mol. The number of hydrogen-bond acceptors (Lipinski definition) is 4. The molecule has 7 nitrogen and oxygen atoms in total. The summed E-state index contributed by atoms with van der Waals surface area (Å²) in [6.45, 7) is 3.70. The van der Waals surface area contributed by atoms with E-state index in [1.807, 2.05) is 13.8 Å². The van der Waals surface area contributed by atoms with Crippen molar-refractivity contribution in [3.05, 3.63) is 0 Å². The van der Waals surface area contributed by atoms with Crippen LogP contribution in [0.1, 0.15) is 33.1 Å². The van der Waals surface area contributed by atoms with Crippen LogP contribution in [0, 0.1) is 5.92 Å². The van der Waals surface area contributed by atoms with Crippen LogP contribution >= 0.6 is 0 Å². The molecule has 0 aromatic rings. The summed E-state index contributed by atoms with van der Waals surface area (Å²) in [6, 6.07) is -2.05. The minimum Gasteiger partial charge on any atom is -0.480 e. The molecule has 0 aliphatic rings. The number of carboxylic acids is 2. The van der Waals surface area contributed by atoms with Gasteiger partial charge in [-0.25, -0.2) is 4.79 Å². The highest BCUT2D eigenvalue weighted by molar-refractivity contribution is 5.84. The Balaban J connectivity index is 4.18. The van der Waals surface area contributed by atoms with E-state index in [-0.39, 0.29) is 18.8 Å². The molecule has 0 heterocycles. The Morgan fingerprint density at radius 3 is 2.11 bits per heavy atom. The third kappa shape index (κ3) is 6.85. The summed E-state index contributed by atoms with van der Waals surface area (Å²) < 4.78 is 0. The van der Waals surface area contributed by atoms with E-state index in [0.29, 0.717) is 6.42 Å². The van der Waals surface area contributed by atoms with E-state index >= 15 is 0 Å². The van der Waals surface area contributed by atoms with Gasteiger partial charge in [-0.2, -0.15) is 0 Å². The van der Waals surface area contributed by atoms with Crippen LogP contribution in [0.2, 0.25) is 0 Å². The number of nitrogens with two attached hydrogens (primary N) is 1. The first-order valence-electron chi connectivity index (χ1n) is 5.74. The first-order valence-corrected chi connectivity index (χ1v) is 5.74. The number of carbonyl (C=O) groups is 3. The van der Waals surface area contributed by atoms with E-state index in [9.17, 15) is 14.4 Å². The number of carbonyl (C=O) groups excluding carboxylic acids is 1. The molecule has 0 radical (unpaired) electrons. The molecule has 104 valence electrons. The highest BCUT2D eigenvalue weighted by Gasteiger charge is 2.21. The average molecular weight is 260 g/mol. The second kappa shape index (κ2) is 7.65. The van der Waals surface area contributed by atoms with Gasteiger partial charge in [0.1, 0.15) is 12.1 Å². The number of hydrogen-bond donors (Lipinski definition) is 4. The maximum Gasteiger partial charge on any atom is 0.326 e. The van der Waals surface area contributed by atoms with Crippen molar-refractivity contribution in [3.8, 4) is 0 Å². The van der Waals surface area contributed by atoms with Crippen LogP contribution in [0.3, 0.4) is 0 Å². The highest BCUT2D eigenvalue weighted by Crippen LogP contribution is 2.05. The van der Waals surface area contributed by atoms with Crippen molar-refractivity contribution >= 4 is 17.8 Å². The number of rotatable bonds is 8. The summed E-state index contributed by atoms with van der Waals surface area (Å²) in [6.07, 6.45) is 0.205. The number of amides is 1. The van der Waals surface area contributed by atoms with E-state index in [1.54, 1.807) is 0 Å². The molecule has 7 heteroatoms. The fraction of sp³-hybridized carbons (Fsp3) is 0.727. The molecule has 0 saturated carbocycles. The largest absolute Gasteiger partial charge is 0.480 e. The third-order valence-electron chi connectivity index (χ3n) is 2.34. The maximum absolute atomic E-state index is 11.4. The lowest BCUT2D eigenvalue weighted by Crippen LogP contribution is -2.42. The van der Waals surface area contributed by atoms with E-state index in [0.717, 1.165) is 0 Å². The van der Waals surface area contributed by atoms with Gasteiger partial charge in [0.25, 0.3) is 0 Å². The third-order valence-corrected chi connectivity index (χ3v) is 2.34. The number of carboxylic acid groups (broad SMARTS) is 2. The van der Waals surface area contributed by atoms with Crippen LogP contribution in [0.4, 0.5) is 0 Å².